The van der Waals surface area contributed by atoms with E-state index in [-0.39, 0.29) is 149 Å². The molecule has 6 heavy (non-hydrogen) atoms. The third-order valence-electron chi connectivity index (χ3n) is 0. The van der Waals surface area contributed by atoms with Gasteiger partial charge in [-0.2, -0.15) is 0 Å². The first-order chi connectivity index (χ1) is 0. The van der Waals surface area contributed by atoms with Gasteiger partial charge in [-0.1, -0.05) is 0 Å². The topological polar surface area (TPSA) is 28.5 Å². The summed E-state index contributed by atoms with van der Waals surface area (Å²) in [5.41, 5.74) is 0. The minimum Gasteiger partial charge on any atom is -2.00 e. The van der Waals surface area contributed by atoms with E-state index in [0.29, 0.717) is 0 Å². The maximum absolute atomic E-state index is 0. The van der Waals surface area contributed by atoms with Gasteiger partial charge < -0.3 is 8.33 Å². The van der Waals surface area contributed by atoms with Crippen LogP contribution in [-0.2, 0) is 22.0 Å². The second-order valence-corrected chi connectivity index (χ2v) is 0. The van der Waals surface area contributed by atoms with E-state index in [1.54, 1.807) is 0 Å². The largest absolute Gasteiger partial charge is 2.00 e. The molecule has 0 aliphatic heterocycles. The fraction of sp³-hybridized carbons (Fsp3) is 0. The molecule has 0 N–H and O–H groups in total. The predicted molar refractivity (Wildman–Crippen MR) is 20.2 cm³/mol. The molecule has 4 radical (unpaired) electrons. The Morgan fingerprint density at radius 3 is 1.17 bits per heavy atom. The first-order valence-electron chi connectivity index (χ1n) is 0. The van der Waals surface area contributed by atoms with E-state index in [2.05, 4.69) is 0 Å². The summed E-state index contributed by atoms with van der Waals surface area (Å²) in [6, 6.07) is 0. The minimum absolute atomic E-state index is 0. The second kappa shape index (κ2) is 33.8. The third-order valence-corrected chi connectivity index (χ3v) is 0. The van der Waals surface area contributed by atoms with Crippen molar-refractivity contribution in [3.63, 3.8) is 0 Å². The molecule has 28 valence electrons. The van der Waals surface area contributed by atoms with Crippen molar-refractivity contribution in [3.8, 4) is 0 Å². The van der Waals surface area contributed by atoms with Crippen LogP contribution in [0.1, 0.15) is 2.85 Å². The molecule has 0 saturated carbocycles. The molecule has 0 aromatic carbocycles. The van der Waals surface area contributed by atoms with Crippen molar-refractivity contribution in [2.24, 2.45) is 0 Å². The molecule has 0 aromatic rings. The summed E-state index contributed by atoms with van der Waals surface area (Å²) in [6.45, 7) is 0. The van der Waals surface area contributed by atoms with Crippen LogP contribution in [0.5, 0.6) is 0 Å². The Kier molecular flexibility index (Phi) is 262. The van der Waals surface area contributed by atoms with Crippen LogP contribution in [0, 0.1) is 35.6 Å². The van der Waals surface area contributed by atoms with Crippen LogP contribution in [0.4, 0.5) is 0 Å². The summed E-state index contributed by atoms with van der Waals surface area (Å²) in [7, 11) is 0. The molecule has 0 unspecified atom stereocenters. The summed E-state index contributed by atoms with van der Waals surface area (Å²) in [5.74, 6) is 0. The molecule has 0 aromatic heterocycles. The summed E-state index contributed by atoms with van der Waals surface area (Å²) in [4.78, 5) is 0. The zero-order valence-corrected chi connectivity index (χ0v) is 15.2. The Hall–Kier alpha value is 4.53. The van der Waals surface area contributed by atoms with E-state index < -0.39 is 0 Å². The van der Waals surface area contributed by atoms with Crippen LogP contribution in [0.2, 0.25) is 0 Å². The van der Waals surface area contributed by atoms with E-state index in [9.17, 15) is 0 Å². The van der Waals surface area contributed by atoms with Crippen LogP contribution in [-0.4, -0.2) is 88.3 Å². The number of hydrogen-bond donors (Lipinski definition) is 0. The molecule has 0 spiro atoms. The molecule has 6 heteroatoms. The van der Waals surface area contributed by atoms with Crippen LogP contribution >= 0.6 is 0 Å². The number of hydrogen-bond acceptors (Lipinski definition) is 0. The fourth-order valence-corrected chi connectivity index (χ4v) is 0. The van der Waals surface area contributed by atoms with Gasteiger partial charge in [0.1, 0.15) is 0 Å². The molecule has 0 aliphatic carbocycles. The second-order valence-electron chi connectivity index (χ2n) is 0. The Bertz CT molecular complexity index is 22.0. The van der Waals surface area contributed by atoms with Crippen molar-refractivity contribution in [1.29, 1.82) is 0 Å². The van der Waals surface area contributed by atoms with Gasteiger partial charge in [0.25, 0.3) is 0 Å². The van der Waals surface area contributed by atoms with Gasteiger partial charge in [0, 0.05) is 71.9 Å². The molecule has 0 fully saturated rings. The molecule has 0 bridgehead atoms. The molecule has 0 saturated heterocycles. The normalized spacial score (nSPS) is 0. The fourth-order valence-electron chi connectivity index (χ4n) is 0. The Labute approximate surface area is 145 Å². The van der Waals surface area contributed by atoms with Gasteiger partial charge in [0.05, 0.1) is 0 Å². The molecular weight excluding hydrogens is 395 g/mol. The average molecular weight is 397 g/mol. The van der Waals surface area contributed by atoms with E-state index in [4.69, 9.17) is 0 Å². The van der Waals surface area contributed by atoms with Crippen LogP contribution < -0.4 is 0 Å². The standard InChI is InChI=1S/Ga.La.Mg.Ni.O.Sr.2H/q;;+2;;-2;+2;2*-1. The van der Waals surface area contributed by atoms with Crippen LogP contribution in [0.15, 0.2) is 0 Å². The van der Waals surface area contributed by atoms with E-state index >= 15 is 0 Å². The molecule has 0 aliphatic rings. The molecular formula is H2GaLaMgNiOSr. The SMILES string of the molecule is [Ga].[H-].[H-].[La].[Mg+2].[Ni].[O-2].[Sr+2]. The van der Waals surface area contributed by atoms with Crippen molar-refractivity contribution < 1.29 is 60.4 Å². The first kappa shape index (κ1) is 46.6. The average Bonchev–Trinajstić information content (AvgIpc) is 0. The van der Waals surface area contributed by atoms with Crippen molar-refractivity contribution in [2.75, 3.05) is 0 Å². The quantitative estimate of drug-likeness (QED) is 0.468. The molecule has 0 amide bonds. The van der Waals surface area contributed by atoms with Gasteiger partial charge in [0.15, 0.2) is 0 Å². The summed E-state index contributed by atoms with van der Waals surface area (Å²) < 4.78 is 0. The van der Waals surface area contributed by atoms with Gasteiger partial charge >= 0.3 is 68.5 Å². The smallest absolute Gasteiger partial charge is 2.00 e. The van der Waals surface area contributed by atoms with Crippen molar-refractivity contribution in [2.45, 2.75) is 0 Å². The molecule has 0 rings (SSSR count). The Balaban J connectivity index is 0. The maximum Gasteiger partial charge on any atom is 2.00 e. The van der Waals surface area contributed by atoms with Gasteiger partial charge in [-0.05, 0) is 0 Å². The first-order valence-corrected chi connectivity index (χ1v) is 0. The van der Waals surface area contributed by atoms with Gasteiger partial charge in [-0.25, -0.2) is 0 Å². The molecule has 0 atom stereocenters. The van der Waals surface area contributed by atoms with Crippen molar-refractivity contribution in [1.82, 2.24) is 0 Å². The zero-order chi connectivity index (χ0) is 0. The van der Waals surface area contributed by atoms with Crippen molar-refractivity contribution in [3.05, 3.63) is 0 Å². The summed E-state index contributed by atoms with van der Waals surface area (Å²) >= 11 is 0. The monoisotopic (exact) mass is 396 g/mol. The van der Waals surface area contributed by atoms with Gasteiger partial charge in [-0.3, -0.25) is 0 Å². The summed E-state index contributed by atoms with van der Waals surface area (Å²) in [5, 5.41) is 0. The zero-order valence-electron chi connectivity index (χ0n) is 5.29. The van der Waals surface area contributed by atoms with E-state index in [1.807, 2.05) is 0 Å². The van der Waals surface area contributed by atoms with Gasteiger partial charge in [-0.15, -0.1) is 0 Å². The minimum atomic E-state index is 0. The molecule has 1 nitrogen and oxygen atoms in total. The van der Waals surface area contributed by atoms with Crippen LogP contribution in [0.25, 0.3) is 0 Å². The third kappa shape index (κ3) is 23.6. The maximum atomic E-state index is 0. The van der Waals surface area contributed by atoms with Gasteiger partial charge in [0.2, 0.25) is 0 Å². The van der Waals surface area contributed by atoms with Crippen molar-refractivity contribution >= 4 is 88.3 Å². The molecule has 0 heterocycles. The predicted octanol–water partition coefficient (Wildman–Crippen LogP) is -1.04. The Morgan fingerprint density at radius 1 is 1.17 bits per heavy atom. The number of rotatable bonds is 0. The van der Waals surface area contributed by atoms with Crippen LogP contribution in [0.3, 0.4) is 0 Å². The van der Waals surface area contributed by atoms with E-state index in [1.165, 1.54) is 0 Å². The summed E-state index contributed by atoms with van der Waals surface area (Å²) in [6.07, 6.45) is 0. The van der Waals surface area contributed by atoms with E-state index in [0.717, 1.165) is 0 Å². The Morgan fingerprint density at radius 2 is 1.17 bits per heavy atom.